The molecule has 4 aliphatic rings. The second-order valence-corrected chi connectivity index (χ2v) is 9.51. The molecule has 6 atom stereocenters. The Morgan fingerprint density at radius 1 is 1.15 bits per heavy atom. The number of hydrogen-bond acceptors (Lipinski definition) is 3. The normalized spacial score (nSPS) is 41.7. The van der Waals surface area contributed by atoms with E-state index in [0.717, 1.165) is 50.4 Å². The fraction of sp³-hybridized carbons (Fsp3) is 0.826. The number of ketones is 1. The lowest BCUT2D eigenvalue weighted by Gasteiger charge is -2.53. The van der Waals surface area contributed by atoms with Crippen molar-refractivity contribution in [3.05, 3.63) is 11.6 Å². The van der Waals surface area contributed by atoms with Crippen LogP contribution in [0, 0.1) is 29.1 Å². The molecule has 3 heteroatoms. The molecule has 144 valence electrons. The smallest absolute Gasteiger partial charge is 0.306 e. The maximum atomic E-state index is 12.2. The monoisotopic (exact) mass is 358 g/mol. The molecule has 3 fully saturated rings. The minimum Gasteiger partial charge on any atom is -0.462 e. The molecule has 26 heavy (non-hydrogen) atoms. The van der Waals surface area contributed by atoms with Gasteiger partial charge in [-0.2, -0.15) is 0 Å². The SMILES string of the molecule is CCCCC(=O)OC1CCC2C3CCC4=CC(=O)CCC4C3CCC12C. The van der Waals surface area contributed by atoms with Gasteiger partial charge < -0.3 is 4.74 Å². The number of allylic oxidation sites excluding steroid dienone is 1. The van der Waals surface area contributed by atoms with Crippen molar-refractivity contribution >= 4 is 11.8 Å². The van der Waals surface area contributed by atoms with Crippen LogP contribution in [0.15, 0.2) is 11.6 Å². The van der Waals surface area contributed by atoms with Gasteiger partial charge in [0.05, 0.1) is 0 Å². The van der Waals surface area contributed by atoms with E-state index in [2.05, 4.69) is 13.8 Å². The molecule has 0 aromatic carbocycles. The summed E-state index contributed by atoms with van der Waals surface area (Å²) in [5.74, 6) is 3.24. The Morgan fingerprint density at radius 2 is 2.00 bits per heavy atom. The summed E-state index contributed by atoms with van der Waals surface area (Å²) < 4.78 is 5.99. The van der Waals surface area contributed by atoms with Crippen molar-refractivity contribution in [2.45, 2.75) is 90.6 Å². The molecular formula is C23H34O3. The van der Waals surface area contributed by atoms with E-state index in [1.54, 1.807) is 0 Å². The Labute approximate surface area is 157 Å². The topological polar surface area (TPSA) is 43.4 Å². The van der Waals surface area contributed by atoms with Crippen LogP contribution in [0.5, 0.6) is 0 Å². The third kappa shape index (κ3) is 3.05. The fourth-order valence-electron chi connectivity index (χ4n) is 6.86. The van der Waals surface area contributed by atoms with Crippen molar-refractivity contribution in [3.8, 4) is 0 Å². The second kappa shape index (κ2) is 7.13. The molecule has 0 N–H and O–H groups in total. The summed E-state index contributed by atoms with van der Waals surface area (Å²) in [6.45, 7) is 4.51. The Bertz CT molecular complexity index is 607. The van der Waals surface area contributed by atoms with Crippen molar-refractivity contribution in [2.75, 3.05) is 0 Å². The van der Waals surface area contributed by atoms with Crippen LogP contribution in [-0.4, -0.2) is 17.9 Å². The lowest BCUT2D eigenvalue weighted by Crippen LogP contribution is -2.48. The molecular weight excluding hydrogens is 324 g/mol. The van der Waals surface area contributed by atoms with Gasteiger partial charge in [-0.05, 0) is 81.1 Å². The van der Waals surface area contributed by atoms with E-state index in [-0.39, 0.29) is 17.5 Å². The van der Waals surface area contributed by atoms with Crippen molar-refractivity contribution in [1.29, 1.82) is 0 Å². The number of unbranched alkanes of at least 4 members (excludes halogenated alkanes) is 1. The van der Waals surface area contributed by atoms with Crippen LogP contribution >= 0.6 is 0 Å². The molecule has 0 spiro atoms. The molecule has 3 nitrogen and oxygen atoms in total. The molecule has 0 radical (unpaired) electrons. The molecule has 0 aromatic heterocycles. The molecule has 4 rings (SSSR count). The highest BCUT2D eigenvalue weighted by Gasteiger charge is 2.57. The minimum atomic E-state index is 0.0144. The molecule has 0 aliphatic heterocycles. The number of fused-ring (bicyclic) bond motifs is 5. The molecule has 0 saturated heterocycles. The summed E-state index contributed by atoms with van der Waals surface area (Å²) in [6.07, 6.45) is 13.5. The summed E-state index contributed by atoms with van der Waals surface area (Å²) in [5.41, 5.74) is 1.63. The third-order valence-corrected chi connectivity index (χ3v) is 8.22. The van der Waals surface area contributed by atoms with Crippen LogP contribution in [0.3, 0.4) is 0 Å². The van der Waals surface area contributed by atoms with Gasteiger partial charge in [0.15, 0.2) is 5.78 Å². The van der Waals surface area contributed by atoms with Gasteiger partial charge in [0.2, 0.25) is 0 Å². The van der Waals surface area contributed by atoms with Gasteiger partial charge in [0.25, 0.3) is 0 Å². The lowest BCUT2D eigenvalue weighted by molar-refractivity contribution is -0.159. The van der Waals surface area contributed by atoms with Gasteiger partial charge in [0.1, 0.15) is 6.10 Å². The molecule has 6 unspecified atom stereocenters. The van der Waals surface area contributed by atoms with E-state index in [0.29, 0.717) is 24.0 Å². The second-order valence-electron chi connectivity index (χ2n) is 9.51. The lowest BCUT2D eigenvalue weighted by atomic mass is 9.52. The van der Waals surface area contributed by atoms with Crippen LogP contribution in [0.25, 0.3) is 0 Å². The van der Waals surface area contributed by atoms with E-state index in [9.17, 15) is 9.59 Å². The van der Waals surface area contributed by atoms with Crippen LogP contribution < -0.4 is 0 Å². The average Bonchev–Trinajstić information content (AvgIpc) is 2.96. The van der Waals surface area contributed by atoms with Crippen LogP contribution in [0.4, 0.5) is 0 Å². The molecule has 0 aromatic rings. The van der Waals surface area contributed by atoms with E-state index in [1.807, 2.05) is 6.08 Å². The van der Waals surface area contributed by atoms with Gasteiger partial charge in [-0.1, -0.05) is 25.8 Å². The predicted octanol–water partition coefficient (Wildman–Crippen LogP) is 5.23. The number of hydrogen-bond donors (Lipinski definition) is 0. The highest BCUT2D eigenvalue weighted by atomic mass is 16.5. The predicted molar refractivity (Wildman–Crippen MR) is 101 cm³/mol. The molecule has 3 saturated carbocycles. The van der Waals surface area contributed by atoms with E-state index >= 15 is 0 Å². The van der Waals surface area contributed by atoms with Crippen LogP contribution in [0.1, 0.15) is 84.5 Å². The number of esters is 1. The maximum absolute atomic E-state index is 12.2. The zero-order chi connectivity index (χ0) is 18.3. The first kappa shape index (κ1) is 18.3. The standard InChI is InChI=1S/C23H34O3/c1-3-4-5-22(25)26-21-11-10-20-19-8-6-15-14-16(24)7-9-17(15)18(19)12-13-23(20,21)2/h14,17-21H,3-13H2,1-2H3. The Kier molecular flexibility index (Phi) is 5.00. The first-order valence-electron chi connectivity index (χ1n) is 11.0. The molecule has 0 heterocycles. The highest BCUT2D eigenvalue weighted by Crippen LogP contribution is 2.62. The maximum Gasteiger partial charge on any atom is 0.306 e. The van der Waals surface area contributed by atoms with Gasteiger partial charge in [-0.3, -0.25) is 9.59 Å². The van der Waals surface area contributed by atoms with Crippen LogP contribution in [0.2, 0.25) is 0 Å². The summed E-state index contributed by atoms with van der Waals surface area (Å²) in [7, 11) is 0. The minimum absolute atomic E-state index is 0.0144. The van der Waals surface area contributed by atoms with E-state index in [4.69, 9.17) is 4.74 Å². The Morgan fingerprint density at radius 3 is 2.81 bits per heavy atom. The summed E-state index contributed by atoms with van der Waals surface area (Å²) in [4.78, 5) is 24.0. The largest absolute Gasteiger partial charge is 0.462 e. The van der Waals surface area contributed by atoms with Gasteiger partial charge in [0, 0.05) is 18.3 Å². The fourth-order valence-corrected chi connectivity index (χ4v) is 6.86. The summed E-state index contributed by atoms with van der Waals surface area (Å²) in [5, 5.41) is 0. The number of rotatable bonds is 4. The van der Waals surface area contributed by atoms with Crippen LogP contribution in [-0.2, 0) is 14.3 Å². The van der Waals surface area contributed by atoms with Crippen molar-refractivity contribution in [2.24, 2.45) is 29.1 Å². The quantitative estimate of drug-likeness (QED) is 0.646. The Balaban J connectivity index is 1.47. The average molecular weight is 359 g/mol. The van der Waals surface area contributed by atoms with Gasteiger partial charge in [-0.15, -0.1) is 0 Å². The van der Waals surface area contributed by atoms with E-state index < -0.39 is 0 Å². The molecule has 0 amide bonds. The summed E-state index contributed by atoms with van der Waals surface area (Å²) in [6, 6.07) is 0. The highest BCUT2D eigenvalue weighted by molar-refractivity contribution is 5.91. The third-order valence-electron chi connectivity index (χ3n) is 8.22. The van der Waals surface area contributed by atoms with E-state index in [1.165, 1.54) is 31.3 Å². The zero-order valence-corrected chi connectivity index (χ0v) is 16.5. The first-order valence-corrected chi connectivity index (χ1v) is 11.0. The number of carbonyl (C=O) groups excluding carboxylic acids is 2. The number of ether oxygens (including phenoxy) is 1. The van der Waals surface area contributed by atoms with Crippen molar-refractivity contribution < 1.29 is 14.3 Å². The van der Waals surface area contributed by atoms with Gasteiger partial charge in [-0.25, -0.2) is 0 Å². The van der Waals surface area contributed by atoms with Crippen molar-refractivity contribution in [3.63, 3.8) is 0 Å². The van der Waals surface area contributed by atoms with Gasteiger partial charge >= 0.3 is 5.97 Å². The first-order chi connectivity index (χ1) is 12.5. The molecule has 4 aliphatic carbocycles. The number of carbonyl (C=O) groups is 2. The molecule has 0 bridgehead atoms. The zero-order valence-electron chi connectivity index (χ0n) is 16.5. The van der Waals surface area contributed by atoms with Crippen molar-refractivity contribution in [1.82, 2.24) is 0 Å². The Hall–Kier alpha value is -1.12. The summed E-state index contributed by atoms with van der Waals surface area (Å²) >= 11 is 0.